The topological polar surface area (TPSA) is 18.8 Å². The molecule has 25 heavy (non-hydrogen) atoms. The number of anilines is 1. The van der Waals surface area contributed by atoms with Gasteiger partial charge in [0.25, 0.3) is 6.43 Å². The monoisotopic (exact) mass is 347 g/mol. The molecule has 3 rings (SSSR count). The Balaban J connectivity index is 1.74. The number of rotatable bonds is 5. The van der Waals surface area contributed by atoms with Crippen LogP contribution in [0.4, 0.5) is 18.9 Å². The van der Waals surface area contributed by atoms with E-state index in [1.165, 1.54) is 11.1 Å². The smallest absolute Gasteiger partial charge is 0.278 e. The highest BCUT2D eigenvalue weighted by molar-refractivity contribution is 5.89. The van der Waals surface area contributed by atoms with Crippen LogP contribution in [0.15, 0.2) is 53.6 Å². The van der Waals surface area contributed by atoms with Crippen molar-refractivity contribution in [2.75, 3.05) is 19.0 Å². The first kappa shape index (κ1) is 17.3. The van der Waals surface area contributed by atoms with E-state index in [9.17, 15) is 13.2 Å². The van der Waals surface area contributed by atoms with Crippen molar-refractivity contribution in [1.29, 1.82) is 0 Å². The minimum Gasteiger partial charge on any atom is -0.370 e. The highest BCUT2D eigenvalue weighted by Gasteiger charge is 2.30. The van der Waals surface area contributed by atoms with E-state index in [1.807, 2.05) is 42.3 Å². The third kappa shape index (κ3) is 3.78. The fraction of sp³-hybridized carbons (Fsp3) is 0.316. The zero-order valence-electron chi connectivity index (χ0n) is 14.2. The molecule has 132 valence electrons. The van der Waals surface area contributed by atoms with Crippen LogP contribution in [0.3, 0.4) is 0 Å². The van der Waals surface area contributed by atoms with E-state index in [-0.39, 0.29) is 24.0 Å². The molecule has 1 heterocycles. The van der Waals surface area contributed by atoms with E-state index in [2.05, 4.69) is 5.10 Å². The summed E-state index contributed by atoms with van der Waals surface area (Å²) in [7, 11) is 3.53. The fourth-order valence-electron chi connectivity index (χ4n) is 3.04. The van der Waals surface area contributed by atoms with Gasteiger partial charge in [-0.25, -0.2) is 13.2 Å². The molecule has 1 unspecified atom stereocenters. The van der Waals surface area contributed by atoms with Crippen LogP contribution in [0.5, 0.6) is 0 Å². The first-order chi connectivity index (χ1) is 12.0. The maximum absolute atomic E-state index is 14.5. The number of hydrogen-bond acceptors (Lipinski definition) is 3. The maximum Gasteiger partial charge on any atom is 0.278 e. The fourth-order valence-corrected chi connectivity index (χ4v) is 3.04. The zero-order valence-corrected chi connectivity index (χ0v) is 14.2. The molecule has 6 heteroatoms. The Kier molecular flexibility index (Phi) is 4.97. The van der Waals surface area contributed by atoms with Crippen LogP contribution >= 0.6 is 0 Å². The highest BCUT2D eigenvalue weighted by Crippen LogP contribution is 2.32. The Bertz CT molecular complexity index is 762. The molecule has 2 aromatic carbocycles. The van der Waals surface area contributed by atoms with Gasteiger partial charge in [0.15, 0.2) is 0 Å². The first-order valence-corrected chi connectivity index (χ1v) is 8.08. The summed E-state index contributed by atoms with van der Waals surface area (Å²) in [6.45, 7) is 0.426. The molecule has 0 saturated carbocycles. The average molecular weight is 347 g/mol. The van der Waals surface area contributed by atoms with E-state index in [4.69, 9.17) is 0 Å². The number of halogens is 3. The molecule has 0 aliphatic carbocycles. The Morgan fingerprint density at radius 2 is 1.92 bits per heavy atom. The van der Waals surface area contributed by atoms with E-state index in [0.29, 0.717) is 17.7 Å². The Labute approximate surface area is 145 Å². The second-order valence-electron chi connectivity index (χ2n) is 6.23. The molecule has 0 aromatic heterocycles. The second kappa shape index (κ2) is 7.17. The van der Waals surface area contributed by atoms with Crippen LogP contribution in [-0.4, -0.2) is 31.2 Å². The van der Waals surface area contributed by atoms with Crippen LogP contribution in [0.1, 0.15) is 23.6 Å². The number of alkyl halides is 2. The molecule has 0 radical (unpaired) electrons. The Morgan fingerprint density at radius 1 is 1.20 bits per heavy atom. The average Bonchev–Trinajstić information content (AvgIpc) is 2.99. The van der Waals surface area contributed by atoms with Gasteiger partial charge in [-0.2, -0.15) is 5.10 Å². The lowest BCUT2D eigenvalue weighted by Gasteiger charge is -2.22. The van der Waals surface area contributed by atoms with Crippen molar-refractivity contribution in [3.05, 3.63) is 65.5 Å². The third-order valence-electron chi connectivity index (χ3n) is 4.46. The van der Waals surface area contributed by atoms with Crippen molar-refractivity contribution in [2.24, 2.45) is 5.10 Å². The van der Waals surface area contributed by atoms with E-state index < -0.39 is 6.43 Å². The molecule has 0 spiro atoms. The van der Waals surface area contributed by atoms with Crippen LogP contribution in [0.2, 0.25) is 0 Å². The summed E-state index contributed by atoms with van der Waals surface area (Å²) in [6, 6.07) is 14.3. The van der Waals surface area contributed by atoms with Crippen molar-refractivity contribution in [3.63, 3.8) is 0 Å². The third-order valence-corrected chi connectivity index (χ3v) is 4.46. The summed E-state index contributed by atoms with van der Waals surface area (Å²) in [5.41, 5.74) is 2.06. The molecule has 2 aromatic rings. The molecular formula is C19H20F3N3. The van der Waals surface area contributed by atoms with Gasteiger partial charge in [0.05, 0.1) is 6.04 Å². The number of hydrazone groups is 1. The molecule has 1 aliphatic heterocycles. The van der Waals surface area contributed by atoms with Crippen LogP contribution in [-0.2, 0) is 6.54 Å². The van der Waals surface area contributed by atoms with Crippen molar-refractivity contribution in [3.8, 4) is 0 Å². The zero-order chi connectivity index (χ0) is 18.0. The summed E-state index contributed by atoms with van der Waals surface area (Å²) in [6.07, 6.45) is -2.45. The molecule has 0 saturated heterocycles. The number of benzene rings is 2. The van der Waals surface area contributed by atoms with Gasteiger partial charge in [-0.15, -0.1) is 0 Å². The van der Waals surface area contributed by atoms with E-state index >= 15 is 0 Å². The first-order valence-electron chi connectivity index (χ1n) is 8.08. The van der Waals surface area contributed by atoms with Crippen LogP contribution < -0.4 is 4.90 Å². The van der Waals surface area contributed by atoms with Gasteiger partial charge < -0.3 is 4.90 Å². The summed E-state index contributed by atoms with van der Waals surface area (Å²) in [5.74, 6) is -0.334. The van der Waals surface area contributed by atoms with Gasteiger partial charge in [-0.1, -0.05) is 30.3 Å². The number of nitrogens with zero attached hydrogens (tertiary/aromatic N) is 3. The Morgan fingerprint density at radius 3 is 2.52 bits per heavy atom. The lowest BCUT2D eigenvalue weighted by molar-refractivity contribution is 0.223. The minimum absolute atomic E-state index is 0.122. The molecule has 0 amide bonds. The molecule has 1 atom stereocenters. The van der Waals surface area contributed by atoms with Crippen LogP contribution in [0, 0.1) is 5.82 Å². The van der Waals surface area contributed by atoms with Crippen molar-refractivity contribution in [2.45, 2.75) is 25.4 Å². The summed E-state index contributed by atoms with van der Waals surface area (Å²) < 4.78 is 40.2. The van der Waals surface area contributed by atoms with Gasteiger partial charge >= 0.3 is 0 Å². The van der Waals surface area contributed by atoms with E-state index in [1.54, 1.807) is 19.2 Å². The predicted octanol–water partition coefficient (Wildman–Crippen LogP) is 4.46. The van der Waals surface area contributed by atoms with E-state index in [0.717, 1.165) is 5.69 Å². The predicted molar refractivity (Wildman–Crippen MR) is 93.5 cm³/mol. The van der Waals surface area contributed by atoms with Gasteiger partial charge in [0, 0.05) is 38.3 Å². The lowest BCUT2D eigenvalue weighted by Crippen LogP contribution is -2.18. The minimum atomic E-state index is -2.57. The van der Waals surface area contributed by atoms with Gasteiger partial charge in [0.1, 0.15) is 11.5 Å². The second-order valence-corrected chi connectivity index (χ2v) is 6.23. The standard InChI is InChI=1S/C19H20F3N3/c1-24(15-6-4-3-5-7-15)12-14-9-8-13(10-16(14)20)18-11-17(19(21)22)23-25(18)2/h3-10,18-19H,11-12H2,1-2H3. The van der Waals surface area contributed by atoms with Crippen LogP contribution in [0.25, 0.3) is 0 Å². The summed E-state index contributed by atoms with van der Waals surface area (Å²) in [5, 5.41) is 5.33. The molecule has 3 nitrogen and oxygen atoms in total. The van der Waals surface area contributed by atoms with Crippen molar-refractivity contribution < 1.29 is 13.2 Å². The largest absolute Gasteiger partial charge is 0.370 e. The maximum atomic E-state index is 14.5. The quantitative estimate of drug-likeness (QED) is 0.795. The molecular weight excluding hydrogens is 327 g/mol. The molecule has 1 aliphatic rings. The number of para-hydroxylation sites is 1. The van der Waals surface area contributed by atoms with Crippen molar-refractivity contribution in [1.82, 2.24) is 5.01 Å². The van der Waals surface area contributed by atoms with Crippen molar-refractivity contribution >= 4 is 11.4 Å². The SMILES string of the molecule is CN(Cc1ccc(C2CC(C(F)F)=NN2C)cc1F)c1ccccc1. The highest BCUT2D eigenvalue weighted by atomic mass is 19.3. The molecule has 0 bridgehead atoms. The summed E-state index contributed by atoms with van der Waals surface area (Å²) in [4.78, 5) is 1.96. The normalized spacial score (nSPS) is 17.1. The van der Waals surface area contributed by atoms with Gasteiger partial charge in [0.2, 0.25) is 0 Å². The summed E-state index contributed by atoms with van der Waals surface area (Å²) >= 11 is 0. The Hall–Kier alpha value is -2.50. The number of hydrogen-bond donors (Lipinski definition) is 0. The van der Waals surface area contributed by atoms with Gasteiger partial charge in [-0.3, -0.25) is 5.01 Å². The molecule has 0 N–H and O–H groups in total. The van der Waals surface area contributed by atoms with Gasteiger partial charge in [-0.05, 0) is 23.8 Å². The molecule has 0 fully saturated rings. The lowest BCUT2D eigenvalue weighted by atomic mass is 10.00.